The van der Waals surface area contributed by atoms with Crippen molar-refractivity contribution in [2.24, 2.45) is 5.92 Å². The Bertz CT molecular complexity index is 743. The van der Waals surface area contributed by atoms with Gasteiger partial charge >= 0.3 is 0 Å². The van der Waals surface area contributed by atoms with E-state index in [1.54, 1.807) is 12.4 Å². The monoisotopic (exact) mass is 357 g/mol. The van der Waals surface area contributed by atoms with Gasteiger partial charge in [0.1, 0.15) is 0 Å². The number of piperidine rings is 1. The molecule has 4 rings (SSSR count). The summed E-state index contributed by atoms with van der Waals surface area (Å²) in [5.41, 5.74) is 1.03. The number of carbonyl (C=O) groups excluding carboxylic acids is 1. The molecule has 1 aliphatic carbocycles. The van der Waals surface area contributed by atoms with Crippen LogP contribution in [0.1, 0.15) is 38.6 Å². The minimum absolute atomic E-state index is 0.215. The maximum absolute atomic E-state index is 12.5. The van der Waals surface area contributed by atoms with E-state index in [1.165, 1.54) is 18.2 Å². The van der Waals surface area contributed by atoms with Crippen molar-refractivity contribution in [3.63, 3.8) is 0 Å². The standard InChI is InChI=1S/C18H23N5OS/c1-13-3-2-10-22(11-13)16(24)12-25-18-21-20-17(23(18)15-4-5-15)14-6-8-19-9-7-14/h6-9,13,15H,2-5,10-12H2,1H3/t13-/m1/s1. The van der Waals surface area contributed by atoms with Gasteiger partial charge in [0.25, 0.3) is 0 Å². The highest BCUT2D eigenvalue weighted by Gasteiger charge is 2.30. The first-order valence-corrected chi connectivity index (χ1v) is 9.97. The minimum Gasteiger partial charge on any atom is -0.342 e. The average molecular weight is 357 g/mol. The molecule has 1 aliphatic heterocycles. The zero-order valence-electron chi connectivity index (χ0n) is 14.5. The van der Waals surface area contributed by atoms with E-state index in [0.717, 1.165) is 48.9 Å². The van der Waals surface area contributed by atoms with Crippen LogP contribution < -0.4 is 0 Å². The third-order valence-corrected chi connectivity index (χ3v) is 5.78. The highest BCUT2D eigenvalue weighted by Crippen LogP contribution is 2.41. The molecule has 2 fully saturated rings. The summed E-state index contributed by atoms with van der Waals surface area (Å²) in [7, 11) is 0. The first kappa shape index (κ1) is 16.6. The van der Waals surface area contributed by atoms with Crippen LogP contribution in [-0.4, -0.2) is 49.4 Å². The fraction of sp³-hybridized carbons (Fsp3) is 0.556. The molecule has 0 aromatic carbocycles. The molecular formula is C18H23N5OS. The van der Waals surface area contributed by atoms with Crippen molar-refractivity contribution >= 4 is 17.7 Å². The van der Waals surface area contributed by atoms with Crippen molar-refractivity contribution in [3.8, 4) is 11.4 Å². The smallest absolute Gasteiger partial charge is 0.233 e. The summed E-state index contributed by atoms with van der Waals surface area (Å²) in [5.74, 6) is 2.14. The molecule has 0 unspecified atom stereocenters. The lowest BCUT2D eigenvalue weighted by Crippen LogP contribution is -2.40. The predicted octanol–water partition coefficient (Wildman–Crippen LogP) is 3.03. The fourth-order valence-corrected chi connectivity index (χ4v) is 4.28. The second-order valence-electron chi connectivity index (χ2n) is 7.02. The van der Waals surface area contributed by atoms with E-state index in [1.807, 2.05) is 17.0 Å². The lowest BCUT2D eigenvalue weighted by molar-refractivity contribution is -0.130. The fourth-order valence-electron chi connectivity index (χ4n) is 3.37. The van der Waals surface area contributed by atoms with Crippen molar-refractivity contribution in [3.05, 3.63) is 24.5 Å². The lowest BCUT2D eigenvalue weighted by Gasteiger charge is -2.30. The highest BCUT2D eigenvalue weighted by molar-refractivity contribution is 7.99. The first-order chi connectivity index (χ1) is 12.2. The maximum Gasteiger partial charge on any atom is 0.233 e. The Morgan fingerprint density at radius 1 is 1.24 bits per heavy atom. The summed E-state index contributed by atoms with van der Waals surface area (Å²) in [4.78, 5) is 18.6. The van der Waals surface area contributed by atoms with Crippen LogP contribution in [0.5, 0.6) is 0 Å². The van der Waals surface area contributed by atoms with Crippen molar-refractivity contribution < 1.29 is 4.79 Å². The minimum atomic E-state index is 0.215. The Hall–Kier alpha value is -1.89. The van der Waals surface area contributed by atoms with Crippen molar-refractivity contribution in [1.29, 1.82) is 0 Å². The summed E-state index contributed by atoms with van der Waals surface area (Å²) in [6.45, 7) is 4.00. The van der Waals surface area contributed by atoms with Crippen LogP contribution >= 0.6 is 11.8 Å². The van der Waals surface area contributed by atoms with Crippen LogP contribution in [-0.2, 0) is 4.79 Å². The maximum atomic E-state index is 12.5. The molecule has 2 aromatic heterocycles. The third kappa shape index (κ3) is 3.71. The van der Waals surface area contributed by atoms with Crippen molar-refractivity contribution in [1.82, 2.24) is 24.6 Å². The van der Waals surface area contributed by atoms with Crippen LogP contribution in [0, 0.1) is 5.92 Å². The highest BCUT2D eigenvalue weighted by atomic mass is 32.2. The van der Waals surface area contributed by atoms with Gasteiger partial charge in [0.2, 0.25) is 5.91 Å². The van der Waals surface area contributed by atoms with Gasteiger partial charge in [0.15, 0.2) is 11.0 Å². The SMILES string of the molecule is C[C@@H]1CCCN(C(=O)CSc2nnc(-c3ccncc3)n2C2CC2)C1. The van der Waals surface area contributed by atoms with E-state index in [4.69, 9.17) is 0 Å². The van der Waals surface area contributed by atoms with Gasteiger partial charge in [-0.15, -0.1) is 10.2 Å². The van der Waals surface area contributed by atoms with Crippen molar-refractivity contribution in [2.45, 2.75) is 43.8 Å². The van der Waals surface area contributed by atoms with Gasteiger partial charge in [-0.3, -0.25) is 14.3 Å². The van der Waals surface area contributed by atoms with Gasteiger partial charge in [0.05, 0.1) is 5.75 Å². The molecule has 0 radical (unpaired) electrons. The Morgan fingerprint density at radius 2 is 2.04 bits per heavy atom. The van der Waals surface area contributed by atoms with Gasteiger partial charge in [-0.05, 0) is 43.7 Å². The molecule has 7 heteroatoms. The molecule has 0 bridgehead atoms. The number of hydrogen-bond acceptors (Lipinski definition) is 5. The molecule has 2 aromatic rings. The molecule has 25 heavy (non-hydrogen) atoms. The lowest BCUT2D eigenvalue weighted by atomic mass is 10.0. The zero-order chi connectivity index (χ0) is 17.2. The Balaban J connectivity index is 1.48. The molecule has 0 N–H and O–H groups in total. The topological polar surface area (TPSA) is 63.9 Å². The molecule has 1 saturated heterocycles. The predicted molar refractivity (Wildman–Crippen MR) is 97.2 cm³/mol. The van der Waals surface area contributed by atoms with E-state index in [9.17, 15) is 4.79 Å². The number of carbonyl (C=O) groups is 1. The van der Waals surface area contributed by atoms with E-state index in [2.05, 4.69) is 26.7 Å². The van der Waals surface area contributed by atoms with Gasteiger partial charge in [-0.2, -0.15) is 0 Å². The van der Waals surface area contributed by atoms with Crippen LogP contribution in [0.3, 0.4) is 0 Å². The third-order valence-electron chi connectivity index (χ3n) is 4.85. The van der Waals surface area contributed by atoms with Gasteiger partial charge in [-0.25, -0.2) is 0 Å². The average Bonchev–Trinajstić information content (AvgIpc) is 3.39. The molecule has 1 atom stereocenters. The normalized spacial score (nSPS) is 20.7. The molecule has 3 heterocycles. The van der Waals surface area contributed by atoms with Crippen LogP contribution in [0.15, 0.2) is 29.7 Å². The second kappa shape index (κ2) is 7.15. The quantitative estimate of drug-likeness (QED) is 0.770. The number of pyridine rings is 1. The summed E-state index contributed by atoms with van der Waals surface area (Å²) in [6, 6.07) is 4.38. The van der Waals surface area contributed by atoms with Crippen LogP contribution in [0.4, 0.5) is 0 Å². The second-order valence-corrected chi connectivity index (χ2v) is 7.96. The number of nitrogens with zero attached hydrogens (tertiary/aromatic N) is 5. The Morgan fingerprint density at radius 3 is 2.76 bits per heavy atom. The van der Waals surface area contributed by atoms with E-state index in [0.29, 0.717) is 17.7 Å². The zero-order valence-corrected chi connectivity index (χ0v) is 15.3. The Kier molecular flexibility index (Phi) is 4.74. The van der Waals surface area contributed by atoms with Gasteiger partial charge < -0.3 is 4.90 Å². The summed E-state index contributed by atoms with van der Waals surface area (Å²) in [5, 5.41) is 9.61. The van der Waals surface area contributed by atoms with Crippen LogP contribution in [0.25, 0.3) is 11.4 Å². The molecule has 0 spiro atoms. The van der Waals surface area contributed by atoms with Crippen LogP contribution in [0.2, 0.25) is 0 Å². The molecular weight excluding hydrogens is 334 g/mol. The summed E-state index contributed by atoms with van der Waals surface area (Å²) >= 11 is 1.52. The van der Waals surface area contributed by atoms with Crippen molar-refractivity contribution in [2.75, 3.05) is 18.8 Å². The summed E-state index contributed by atoms with van der Waals surface area (Å²) in [6.07, 6.45) is 8.19. The van der Waals surface area contributed by atoms with Gasteiger partial charge in [0, 0.05) is 37.1 Å². The van der Waals surface area contributed by atoms with Gasteiger partial charge in [-0.1, -0.05) is 18.7 Å². The van der Waals surface area contributed by atoms with E-state index < -0.39 is 0 Å². The number of likely N-dealkylation sites (tertiary alicyclic amines) is 1. The molecule has 6 nitrogen and oxygen atoms in total. The van der Waals surface area contributed by atoms with E-state index >= 15 is 0 Å². The first-order valence-electron chi connectivity index (χ1n) is 8.98. The molecule has 1 amide bonds. The number of thioether (sulfide) groups is 1. The number of amides is 1. The number of aromatic nitrogens is 4. The molecule has 132 valence electrons. The molecule has 1 saturated carbocycles. The molecule has 2 aliphatic rings. The number of hydrogen-bond donors (Lipinski definition) is 0. The summed E-state index contributed by atoms with van der Waals surface area (Å²) < 4.78 is 2.20. The Labute approximate surface area is 152 Å². The number of rotatable bonds is 5. The largest absolute Gasteiger partial charge is 0.342 e. The van der Waals surface area contributed by atoms with E-state index in [-0.39, 0.29) is 5.91 Å².